The van der Waals surface area contributed by atoms with Gasteiger partial charge in [0.15, 0.2) is 0 Å². The van der Waals surface area contributed by atoms with Crippen molar-refractivity contribution in [3.05, 3.63) is 72.3 Å². The minimum absolute atomic E-state index is 0.182. The Balaban J connectivity index is 1.32. The molecule has 1 aliphatic rings. The summed E-state index contributed by atoms with van der Waals surface area (Å²) in [5, 5.41) is 9.69. The van der Waals surface area contributed by atoms with Crippen molar-refractivity contribution < 1.29 is 9.53 Å². The Morgan fingerprint density at radius 3 is 2.77 bits per heavy atom. The Kier molecular flexibility index (Phi) is 6.64. The Labute approximate surface area is 175 Å². The Morgan fingerprint density at radius 1 is 1.17 bits per heavy atom. The van der Waals surface area contributed by atoms with Crippen LogP contribution in [0.2, 0.25) is 0 Å². The molecule has 1 saturated heterocycles. The van der Waals surface area contributed by atoms with Gasteiger partial charge < -0.3 is 10.1 Å². The van der Waals surface area contributed by atoms with Crippen LogP contribution in [0.4, 0.5) is 5.69 Å². The highest BCUT2D eigenvalue weighted by Gasteiger charge is 2.10. The summed E-state index contributed by atoms with van der Waals surface area (Å²) in [4.78, 5) is 18.9. The Bertz CT molecular complexity index is 977. The summed E-state index contributed by atoms with van der Waals surface area (Å²) in [7, 11) is 0. The lowest BCUT2D eigenvalue weighted by atomic mass is 10.0. The van der Waals surface area contributed by atoms with E-state index in [1.54, 1.807) is 24.7 Å². The molecule has 1 aliphatic heterocycles. The maximum Gasteiger partial charge on any atom is 0.248 e. The second-order valence-electron chi connectivity index (χ2n) is 7.17. The molecule has 7 nitrogen and oxygen atoms in total. The lowest BCUT2D eigenvalue weighted by Crippen LogP contribution is -2.37. The van der Waals surface area contributed by atoms with Gasteiger partial charge in [-0.05, 0) is 41.8 Å². The van der Waals surface area contributed by atoms with Crippen LogP contribution < -0.4 is 5.32 Å². The van der Waals surface area contributed by atoms with Crippen LogP contribution in [0.25, 0.3) is 17.2 Å². The SMILES string of the molecule is O=C(/C=C/c1cnccc1-c1cn[nH]c1)Nc1ccc(CCN2CCOCC2)cc1. The number of aromatic amines is 1. The number of morpholine rings is 1. The second-order valence-corrected chi connectivity index (χ2v) is 7.17. The van der Waals surface area contributed by atoms with Crippen LogP contribution in [0.1, 0.15) is 11.1 Å². The van der Waals surface area contributed by atoms with Gasteiger partial charge in [-0.25, -0.2) is 0 Å². The zero-order valence-corrected chi connectivity index (χ0v) is 16.8. The fraction of sp³-hybridized carbons (Fsp3) is 0.261. The number of benzene rings is 1. The molecule has 7 heteroatoms. The van der Waals surface area contributed by atoms with Crippen molar-refractivity contribution >= 4 is 17.7 Å². The molecule has 4 rings (SSSR count). The predicted molar refractivity (Wildman–Crippen MR) is 117 cm³/mol. The molecular weight excluding hydrogens is 378 g/mol. The average Bonchev–Trinajstić information content (AvgIpc) is 3.33. The van der Waals surface area contributed by atoms with E-state index in [1.807, 2.05) is 24.4 Å². The number of hydrogen-bond donors (Lipinski definition) is 2. The number of nitrogens with one attached hydrogen (secondary N) is 2. The van der Waals surface area contributed by atoms with Crippen LogP contribution in [-0.4, -0.2) is 58.8 Å². The number of carbonyl (C=O) groups excluding carboxylic acids is 1. The van der Waals surface area contributed by atoms with Gasteiger partial charge >= 0.3 is 0 Å². The van der Waals surface area contributed by atoms with Gasteiger partial charge in [0, 0.05) is 61.1 Å². The van der Waals surface area contributed by atoms with Gasteiger partial charge in [0.25, 0.3) is 0 Å². The highest BCUT2D eigenvalue weighted by Crippen LogP contribution is 2.22. The van der Waals surface area contributed by atoms with Gasteiger partial charge in [-0.2, -0.15) is 5.10 Å². The molecule has 30 heavy (non-hydrogen) atoms. The predicted octanol–water partition coefficient (Wildman–Crippen LogP) is 3.00. The van der Waals surface area contributed by atoms with E-state index in [9.17, 15) is 4.79 Å². The first-order valence-electron chi connectivity index (χ1n) is 10.1. The first kappa shape index (κ1) is 20.0. The lowest BCUT2D eigenvalue weighted by Gasteiger charge is -2.26. The number of H-pyrrole nitrogens is 1. The van der Waals surface area contributed by atoms with Gasteiger partial charge in [-0.15, -0.1) is 0 Å². The molecule has 2 aromatic heterocycles. The van der Waals surface area contributed by atoms with Crippen molar-refractivity contribution in [1.29, 1.82) is 0 Å². The van der Waals surface area contributed by atoms with Crippen LogP contribution in [0, 0.1) is 0 Å². The molecule has 0 radical (unpaired) electrons. The third kappa shape index (κ3) is 5.40. The van der Waals surface area contributed by atoms with E-state index in [0.717, 1.165) is 61.6 Å². The minimum atomic E-state index is -0.182. The molecule has 0 bridgehead atoms. The van der Waals surface area contributed by atoms with E-state index in [-0.39, 0.29) is 5.91 Å². The first-order valence-corrected chi connectivity index (χ1v) is 10.1. The summed E-state index contributed by atoms with van der Waals surface area (Å²) in [6.45, 7) is 4.67. The topological polar surface area (TPSA) is 83.1 Å². The number of amides is 1. The van der Waals surface area contributed by atoms with E-state index >= 15 is 0 Å². The summed E-state index contributed by atoms with van der Waals surface area (Å²) in [5.41, 5.74) is 4.81. The molecule has 2 N–H and O–H groups in total. The van der Waals surface area contributed by atoms with Gasteiger partial charge in [0.05, 0.1) is 19.4 Å². The molecule has 0 atom stereocenters. The quantitative estimate of drug-likeness (QED) is 0.593. The molecule has 0 spiro atoms. The number of carbonyl (C=O) groups is 1. The van der Waals surface area contributed by atoms with E-state index in [2.05, 4.69) is 37.5 Å². The number of aromatic nitrogens is 3. The minimum Gasteiger partial charge on any atom is -0.379 e. The number of anilines is 1. The summed E-state index contributed by atoms with van der Waals surface area (Å²) >= 11 is 0. The van der Waals surface area contributed by atoms with E-state index in [4.69, 9.17) is 4.74 Å². The highest BCUT2D eigenvalue weighted by molar-refractivity contribution is 6.02. The normalized spacial score (nSPS) is 14.8. The standard InChI is InChI=1S/C23H25N5O2/c29-23(6-3-19-15-24-9-7-22(19)20-16-25-26-17-20)27-21-4-1-18(2-5-21)8-10-28-11-13-30-14-12-28/h1-7,9,15-17H,8,10-14H2,(H,25,26)(H,27,29)/b6-3+. The molecule has 3 aromatic rings. The summed E-state index contributed by atoms with van der Waals surface area (Å²) in [6.07, 6.45) is 11.3. The van der Waals surface area contributed by atoms with Crippen LogP contribution in [0.15, 0.2) is 61.2 Å². The number of hydrogen-bond acceptors (Lipinski definition) is 5. The van der Waals surface area contributed by atoms with Gasteiger partial charge in [-0.1, -0.05) is 12.1 Å². The van der Waals surface area contributed by atoms with E-state index in [0.29, 0.717) is 0 Å². The molecule has 3 heterocycles. The molecule has 154 valence electrons. The maximum atomic E-state index is 12.3. The van der Waals surface area contributed by atoms with Crippen LogP contribution in [0.3, 0.4) is 0 Å². The smallest absolute Gasteiger partial charge is 0.248 e. The summed E-state index contributed by atoms with van der Waals surface area (Å²) < 4.78 is 5.38. The van der Waals surface area contributed by atoms with E-state index < -0.39 is 0 Å². The number of ether oxygens (including phenoxy) is 1. The fourth-order valence-electron chi connectivity index (χ4n) is 3.42. The van der Waals surface area contributed by atoms with Gasteiger partial charge in [0.1, 0.15) is 0 Å². The highest BCUT2D eigenvalue weighted by atomic mass is 16.5. The Morgan fingerprint density at radius 2 is 2.00 bits per heavy atom. The van der Waals surface area contributed by atoms with Crippen LogP contribution in [-0.2, 0) is 16.0 Å². The maximum absolute atomic E-state index is 12.3. The van der Waals surface area contributed by atoms with Crippen molar-refractivity contribution in [1.82, 2.24) is 20.1 Å². The molecule has 1 aromatic carbocycles. The largest absolute Gasteiger partial charge is 0.379 e. The van der Waals surface area contributed by atoms with Crippen molar-refractivity contribution in [2.75, 3.05) is 38.2 Å². The molecule has 0 aliphatic carbocycles. The zero-order valence-electron chi connectivity index (χ0n) is 16.8. The fourth-order valence-corrected chi connectivity index (χ4v) is 3.42. The zero-order chi connectivity index (χ0) is 20.6. The van der Waals surface area contributed by atoms with Crippen LogP contribution >= 0.6 is 0 Å². The summed E-state index contributed by atoms with van der Waals surface area (Å²) in [5.74, 6) is -0.182. The third-order valence-corrected chi connectivity index (χ3v) is 5.12. The van der Waals surface area contributed by atoms with Crippen molar-refractivity contribution in [3.8, 4) is 11.1 Å². The van der Waals surface area contributed by atoms with Gasteiger partial charge in [0.2, 0.25) is 5.91 Å². The van der Waals surface area contributed by atoms with Crippen molar-refractivity contribution in [3.63, 3.8) is 0 Å². The molecule has 0 unspecified atom stereocenters. The number of pyridine rings is 1. The molecule has 1 fully saturated rings. The monoisotopic (exact) mass is 403 g/mol. The van der Waals surface area contributed by atoms with Crippen molar-refractivity contribution in [2.24, 2.45) is 0 Å². The Hall–Kier alpha value is -3.29. The third-order valence-electron chi connectivity index (χ3n) is 5.12. The first-order chi connectivity index (χ1) is 14.8. The van der Waals surface area contributed by atoms with E-state index in [1.165, 1.54) is 11.6 Å². The number of rotatable bonds is 7. The molecule has 1 amide bonds. The number of nitrogens with zero attached hydrogens (tertiary/aromatic N) is 3. The lowest BCUT2D eigenvalue weighted by molar-refractivity contribution is -0.111. The van der Waals surface area contributed by atoms with Gasteiger partial charge in [-0.3, -0.25) is 19.8 Å². The van der Waals surface area contributed by atoms with Crippen LogP contribution in [0.5, 0.6) is 0 Å². The molecule has 0 saturated carbocycles. The molecular formula is C23H25N5O2. The van der Waals surface area contributed by atoms with Crippen molar-refractivity contribution in [2.45, 2.75) is 6.42 Å². The second kappa shape index (κ2) is 9.96. The average molecular weight is 403 g/mol. The summed E-state index contributed by atoms with van der Waals surface area (Å²) in [6, 6.07) is 9.93.